The van der Waals surface area contributed by atoms with Gasteiger partial charge in [-0.25, -0.2) is 0 Å². The molecule has 3 nitrogen and oxygen atoms in total. The Balaban J connectivity index is 3.45. The van der Waals surface area contributed by atoms with Crippen molar-refractivity contribution in [2.45, 2.75) is 0 Å². The number of hydrogen-bond acceptors (Lipinski definition) is 3. The first-order chi connectivity index (χ1) is 6.11. The lowest BCUT2D eigenvalue weighted by atomic mass is 10.2. The van der Waals surface area contributed by atoms with E-state index < -0.39 is 0 Å². The molecule has 0 heterocycles. The van der Waals surface area contributed by atoms with Crippen molar-refractivity contribution in [1.29, 1.82) is 0 Å². The molecule has 1 rings (SSSR count). The van der Waals surface area contributed by atoms with Crippen LogP contribution in [0.15, 0.2) is 10.5 Å². The highest BCUT2D eigenvalue weighted by Crippen LogP contribution is 2.40. The molecule has 0 aliphatic heterocycles. The van der Waals surface area contributed by atoms with Gasteiger partial charge in [0.05, 0.1) is 16.6 Å². The Kier molecular flexibility index (Phi) is 3.17. The first-order valence-electron chi connectivity index (χ1n) is 3.32. The van der Waals surface area contributed by atoms with E-state index in [0.29, 0.717) is 6.29 Å². The van der Waals surface area contributed by atoms with Crippen LogP contribution in [0.5, 0.6) is 11.5 Å². The topological polar surface area (TPSA) is 46.5 Å². The SMILES string of the molecule is COc1cc(C=O)c(Cl)c(Br)c1O. The summed E-state index contributed by atoms with van der Waals surface area (Å²) in [4.78, 5) is 10.5. The van der Waals surface area contributed by atoms with E-state index in [1.165, 1.54) is 13.2 Å². The smallest absolute Gasteiger partial charge is 0.173 e. The van der Waals surface area contributed by atoms with Crippen LogP contribution >= 0.6 is 27.5 Å². The molecule has 0 amide bonds. The quantitative estimate of drug-likeness (QED) is 0.836. The van der Waals surface area contributed by atoms with Crippen molar-refractivity contribution in [2.75, 3.05) is 7.11 Å². The van der Waals surface area contributed by atoms with Gasteiger partial charge in [-0.3, -0.25) is 4.79 Å². The molecule has 0 aliphatic carbocycles. The standard InChI is InChI=1S/C8H6BrClO3/c1-13-5-2-4(3-11)7(10)6(9)8(5)12/h2-3,12H,1H3. The third-order valence-corrected chi connectivity index (χ3v) is 2.93. The summed E-state index contributed by atoms with van der Waals surface area (Å²) in [7, 11) is 1.39. The van der Waals surface area contributed by atoms with Gasteiger partial charge in [-0.15, -0.1) is 0 Å². The summed E-state index contributed by atoms with van der Waals surface area (Å²) in [6, 6.07) is 1.37. The van der Waals surface area contributed by atoms with Gasteiger partial charge in [0.1, 0.15) is 0 Å². The number of carbonyl (C=O) groups is 1. The van der Waals surface area contributed by atoms with Crippen LogP contribution in [0.25, 0.3) is 0 Å². The van der Waals surface area contributed by atoms with Crippen molar-refractivity contribution in [3.05, 3.63) is 21.1 Å². The van der Waals surface area contributed by atoms with E-state index in [2.05, 4.69) is 15.9 Å². The molecule has 0 spiro atoms. The van der Waals surface area contributed by atoms with Crippen molar-refractivity contribution >= 4 is 33.8 Å². The minimum absolute atomic E-state index is 0.113. The fourth-order valence-corrected chi connectivity index (χ4v) is 1.47. The number of carbonyl (C=O) groups excluding carboxylic acids is 1. The van der Waals surface area contributed by atoms with Crippen LogP contribution in [-0.2, 0) is 0 Å². The first kappa shape index (κ1) is 10.3. The summed E-state index contributed by atoms with van der Waals surface area (Å²) < 4.78 is 5.09. The Morgan fingerprint density at radius 3 is 2.77 bits per heavy atom. The number of aromatic hydroxyl groups is 1. The first-order valence-corrected chi connectivity index (χ1v) is 4.49. The molecule has 5 heteroatoms. The van der Waals surface area contributed by atoms with Gasteiger partial charge in [-0.1, -0.05) is 11.6 Å². The van der Waals surface area contributed by atoms with Crippen molar-refractivity contribution in [3.63, 3.8) is 0 Å². The van der Waals surface area contributed by atoms with E-state index in [-0.39, 0.29) is 26.6 Å². The van der Waals surface area contributed by atoms with Gasteiger partial charge in [0.15, 0.2) is 17.8 Å². The number of aldehydes is 1. The minimum Gasteiger partial charge on any atom is -0.503 e. The second-order valence-electron chi connectivity index (χ2n) is 2.26. The lowest BCUT2D eigenvalue weighted by Crippen LogP contribution is -1.89. The molecule has 0 fully saturated rings. The van der Waals surface area contributed by atoms with E-state index >= 15 is 0 Å². The maximum Gasteiger partial charge on any atom is 0.173 e. The zero-order valence-electron chi connectivity index (χ0n) is 6.67. The van der Waals surface area contributed by atoms with Crippen LogP contribution in [0.2, 0.25) is 5.02 Å². The summed E-state index contributed by atoms with van der Waals surface area (Å²) >= 11 is 8.78. The highest BCUT2D eigenvalue weighted by Gasteiger charge is 2.14. The second kappa shape index (κ2) is 3.98. The zero-order chi connectivity index (χ0) is 10.0. The number of hydrogen-bond donors (Lipinski definition) is 1. The van der Waals surface area contributed by atoms with Crippen LogP contribution in [0.3, 0.4) is 0 Å². The summed E-state index contributed by atoms with van der Waals surface area (Å²) in [5.74, 6) is 0.0940. The number of phenolic OH excluding ortho intramolecular Hbond substituents is 1. The highest BCUT2D eigenvalue weighted by molar-refractivity contribution is 9.10. The van der Waals surface area contributed by atoms with Gasteiger partial charge in [-0.2, -0.15) is 0 Å². The molecule has 0 saturated carbocycles. The number of phenols is 1. The largest absolute Gasteiger partial charge is 0.503 e. The lowest BCUT2D eigenvalue weighted by molar-refractivity contribution is 0.112. The van der Waals surface area contributed by atoms with E-state index in [1.807, 2.05) is 0 Å². The Bertz CT molecular complexity index is 352. The minimum atomic E-state index is -0.113. The van der Waals surface area contributed by atoms with Gasteiger partial charge >= 0.3 is 0 Å². The molecule has 0 unspecified atom stereocenters. The van der Waals surface area contributed by atoms with Gasteiger partial charge in [0, 0.05) is 5.56 Å². The number of methoxy groups -OCH3 is 1. The molecular formula is C8H6BrClO3. The summed E-state index contributed by atoms with van der Waals surface area (Å²) in [6.07, 6.45) is 0.592. The van der Waals surface area contributed by atoms with Crippen molar-refractivity contribution in [1.82, 2.24) is 0 Å². The predicted octanol–water partition coefficient (Wildman–Crippen LogP) is 2.63. The predicted molar refractivity (Wildman–Crippen MR) is 52.8 cm³/mol. The van der Waals surface area contributed by atoms with Gasteiger partial charge in [0.2, 0.25) is 0 Å². The van der Waals surface area contributed by atoms with Gasteiger partial charge < -0.3 is 9.84 Å². The number of ether oxygens (including phenoxy) is 1. The molecule has 0 bridgehead atoms. The molecule has 0 aliphatic rings. The maximum absolute atomic E-state index is 10.5. The molecule has 1 aromatic rings. The Morgan fingerprint density at radius 2 is 2.31 bits per heavy atom. The molecular weight excluding hydrogens is 259 g/mol. The van der Waals surface area contributed by atoms with E-state index in [1.54, 1.807) is 0 Å². The Hall–Kier alpha value is -0.740. The lowest BCUT2D eigenvalue weighted by Gasteiger charge is -2.07. The monoisotopic (exact) mass is 264 g/mol. The van der Waals surface area contributed by atoms with Crippen molar-refractivity contribution in [2.24, 2.45) is 0 Å². The zero-order valence-corrected chi connectivity index (χ0v) is 9.02. The van der Waals surface area contributed by atoms with Crippen LogP contribution in [-0.4, -0.2) is 18.5 Å². The average Bonchev–Trinajstić information content (AvgIpc) is 2.15. The second-order valence-corrected chi connectivity index (χ2v) is 3.43. The van der Waals surface area contributed by atoms with Crippen LogP contribution < -0.4 is 4.74 Å². The maximum atomic E-state index is 10.5. The van der Waals surface area contributed by atoms with Crippen LogP contribution in [0.4, 0.5) is 0 Å². The third-order valence-electron chi connectivity index (χ3n) is 1.52. The molecule has 0 radical (unpaired) electrons. The fourth-order valence-electron chi connectivity index (χ4n) is 0.853. The van der Waals surface area contributed by atoms with Crippen molar-refractivity contribution < 1.29 is 14.6 Å². The van der Waals surface area contributed by atoms with E-state index in [9.17, 15) is 9.90 Å². The van der Waals surface area contributed by atoms with E-state index in [0.717, 1.165) is 0 Å². The normalized spacial score (nSPS) is 9.77. The van der Waals surface area contributed by atoms with E-state index in [4.69, 9.17) is 16.3 Å². The molecule has 1 aromatic carbocycles. The number of halogens is 2. The van der Waals surface area contributed by atoms with Gasteiger partial charge in [-0.05, 0) is 22.0 Å². The molecule has 0 saturated heterocycles. The summed E-state index contributed by atoms with van der Waals surface area (Å²) in [5.41, 5.74) is 0.267. The molecule has 70 valence electrons. The summed E-state index contributed by atoms with van der Waals surface area (Å²) in [6.45, 7) is 0. The molecule has 0 atom stereocenters. The van der Waals surface area contributed by atoms with Gasteiger partial charge in [0.25, 0.3) is 0 Å². The number of benzene rings is 1. The summed E-state index contributed by atoms with van der Waals surface area (Å²) in [5, 5.41) is 9.60. The van der Waals surface area contributed by atoms with Crippen molar-refractivity contribution in [3.8, 4) is 11.5 Å². The molecule has 13 heavy (non-hydrogen) atoms. The fraction of sp³-hybridized carbons (Fsp3) is 0.125. The average molecular weight is 265 g/mol. The highest BCUT2D eigenvalue weighted by atomic mass is 79.9. The van der Waals surface area contributed by atoms with Crippen LogP contribution in [0, 0.1) is 0 Å². The Morgan fingerprint density at radius 1 is 1.69 bits per heavy atom. The van der Waals surface area contributed by atoms with Crippen LogP contribution in [0.1, 0.15) is 10.4 Å². The third kappa shape index (κ3) is 1.78. The Labute approximate surface area is 88.4 Å². The number of rotatable bonds is 2. The molecule has 0 aromatic heterocycles. The molecule has 1 N–H and O–H groups in total.